The molecule has 0 aliphatic heterocycles. The lowest BCUT2D eigenvalue weighted by molar-refractivity contribution is -0.118. The van der Waals surface area contributed by atoms with Gasteiger partial charge in [0, 0.05) is 0 Å². The average molecular weight is 234 g/mol. The van der Waals surface area contributed by atoms with Crippen molar-refractivity contribution in [3.8, 4) is 0 Å². The number of amides is 2. The van der Waals surface area contributed by atoms with Crippen LogP contribution in [0.25, 0.3) is 11.2 Å². The van der Waals surface area contributed by atoms with E-state index in [2.05, 4.69) is 19.9 Å². The quantitative estimate of drug-likeness (QED) is 0.584. The first-order chi connectivity index (χ1) is 8.06. The van der Waals surface area contributed by atoms with E-state index in [9.17, 15) is 9.59 Å². The predicted octanol–water partition coefficient (Wildman–Crippen LogP) is -1.59. The normalized spacial score (nSPS) is 10.6. The van der Waals surface area contributed by atoms with Gasteiger partial charge in [-0.1, -0.05) is 0 Å². The maximum Gasteiger partial charge on any atom is 0.225 e. The number of carbonyl (C=O) groups is 2. The van der Waals surface area contributed by atoms with Crippen molar-refractivity contribution >= 4 is 23.0 Å². The molecule has 5 N–H and O–H groups in total. The van der Waals surface area contributed by atoms with Crippen LogP contribution >= 0.6 is 0 Å². The maximum absolute atomic E-state index is 10.9. The number of imidazole rings is 1. The van der Waals surface area contributed by atoms with Crippen LogP contribution in [0.4, 0.5) is 0 Å². The van der Waals surface area contributed by atoms with Crippen molar-refractivity contribution in [2.75, 3.05) is 0 Å². The van der Waals surface area contributed by atoms with Crippen molar-refractivity contribution in [2.24, 2.45) is 11.5 Å². The van der Waals surface area contributed by atoms with Crippen molar-refractivity contribution in [1.29, 1.82) is 0 Å². The predicted molar refractivity (Wildman–Crippen MR) is 57.5 cm³/mol. The summed E-state index contributed by atoms with van der Waals surface area (Å²) in [5, 5.41) is 0. The van der Waals surface area contributed by atoms with Crippen LogP contribution in [0.2, 0.25) is 0 Å². The van der Waals surface area contributed by atoms with Gasteiger partial charge in [-0.2, -0.15) is 0 Å². The second-order valence-electron chi connectivity index (χ2n) is 3.47. The first kappa shape index (κ1) is 11.0. The Hall–Kier alpha value is -2.51. The second kappa shape index (κ2) is 4.16. The molecule has 0 aromatic carbocycles. The molecule has 2 rings (SSSR count). The van der Waals surface area contributed by atoms with Gasteiger partial charge in [0.1, 0.15) is 11.3 Å². The van der Waals surface area contributed by atoms with Crippen LogP contribution in [0.1, 0.15) is 11.5 Å². The van der Waals surface area contributed by atoms with Crippen LogP contribution in [0.15, 0.2) is 6.33 Å². The van der Waals surface area contributed by atoms with Crippen LogP contribution in [-0.2, 0) is 22.4 Å². The third-order valence-corrected chi connectivity index (χ3v) is 2.08. The molecule has 2 heterocycles. The molecule has 0 saturated heterocycles. The molecule has 2 aromatic heterocycles. The number of aromatic nitrogens is 4. The fourth-order valence-corrected chi connectivity index (χ4v) is 1.47. The lowest BCUT2D eigenvalue weighted by Crippen LogP contribution is -2.19. The first-order valence-electron chi connectivity index (χ1n) is 4.81. The number of aromatic amines is 1. The summed E-state index contributed by atoms with van der Waals surface area (Å²) in [7, 11) is 0. The van der Waals surface area contributed by atoms with Gasteiger partial charge >= 0.3 is 0 Å². The Bertz CT molecular complexity index is 590. The monoisotopic (exact) mass is 234 g/mol. The van der Waals surface area contributed by atoms with Crippen molar-refractivity contribution in [1.82, 2.24) is 19.9 Å². The molecule has 0 spiro atoms. The number of nitrogens with two attached hydrogens (primary N) is 2. The SMILES string of the molecule is NC(=O)Cc1nc(CC(N)=O)c2[nH]cnc2n1. The van der Waals surface area contributed by atoms with E-state index in [4.69, 9.17) is 11.5 Å². The molecule has 0 saturated carbocycles. The van der Waals surface area contributed by atoms with Gasteiger partial charge in [0.15, 0.2) is 5.65 Å². The summed E-state index contributed by atoms with van der Waals surface area (Å²) >= 11 is 0. The maximum atomic E-state index is 10.9. The van der Waals surface area contributed by atoms with E-state index in [1.54, 1.807) is 0 Å². The Labute approximate surface area is 95.4 Å². The van der Waals surface area contributed by atoms with Crippen molar-refractivity contribution in [2.45, 2.75) is 12.8 Å². The van der Waals surface area contributed by atoms with Gasteiger partial charge in [-0.3, -0.25) is 9.59 Å². The number of fused-ring (bicyclic) bond motifs is 1. The molecule has 2 amide bonds. The fourth-order valence-electron chi connectivity index (χ4n) is 1.47. The first-order valence-corrected chi connectivity index (χ1v) is 4.81. The third kappa shape index (κ3) is 2.36. The number of nitrogens with one attached hydrogen (secondary N) is 1. The van der Waals surface area contributed by atoms with Gasteiger partial charge < -0.3 is 16.5 Å². The highest BCUT2D eigenvalue weighted by atomic mass is 16.1. The van der Waals surface area contributed by atoms with Gasteiger partial charge in [-0.15, -0.1) is 0 Å². The molecular weight excluding hydrogens is 224 g/mol. The zero-order valence-electron chi connectivity index (χ0n) is 8.80. The van der Waals surface area contributed by atoms with Crippen LogP contribution in [0.5, 0.6) is 0 Å². The Morgan fingerprint density at radius 2 is 1.88 bits per heavy atom. The van der Waals surface area contributed by atoms with Gasteiger partial charge in [0.05, 0.1) is 24.9 Å². The summed E-state index contributed by atoms with van der Waals surface area (Å²) in [4.78, 5) is 36.6. The average Bonchev–Trinajstić information content (AvgIpc) is 2.63. The second-order valence-corrected chi connectivity index (χ2v) is 3.47. The Balaban J connectivity index is 2.50. The Kier molecular flexibility index (Phi) is 2.69. The molecule has 0 aliphatic rings. The number of H-pyrrole nitrogens is 1. The van der Waals surface area contributed by atoms with Gasteiger partial charge in [0.2, 0.25) is 11.8 Å². The largest absolute Gasteiger partial charge is 0.369 e. The lowest BCUT2D eigenvalue weighted by Gasteiger charge is -2.02. The molecule has 0 atom stereocenters. The summed E-state index contributed by atoms with van der Waals surface area (Å²) in [6.07, 6.45) is 1.28. The molecule has 0 unspecified atom stereocenters. The molecule has 88 valence electrons. The van der Waals surface area contributed by atoms with E-state index in [1.165, 1.54) is 6.33 Å². The van der Waals surface area contributed by atoms with E-state index in [-0.39, 0.29) is 18.7 Å². The standard InChI is InChI=1S/C9H10N6O2/c10-5(16)1-4-8-9(13-3-12-8)15-7(14-4)2-6(11)17/h3H,1-2H2,(H2,10,16)(H2,11,17)(H,12,13,14,15). The minimum atomic E-state index is -0.551. The van der Waals surface area contributed by atoms with E-state index < -0.39 is 11.8 Å². The number of primary amides is 2. The van der Waals surface area contributed by atoms with Crippen LogP contribution in [-0.4, -0.2) is 31.8 Å². The van der Waals surface area contributed by atoms with Crippen LogP contribution < -0.4 is 11.5 Å². The Morgan fingerprint density at radius 3 is 2.53 bits per heavy atom. The lowest BCUT2D eigenvalue weighted by atomic mass is 10.2. The molecule has 2 aromatic rings. The van der Waals surface area contributed by atoms with E-state index in [0.29, 0.717) is 16.9 Å². The molecule has 0 bridgehead atoms. The summed E-state index contributed by atoms with van der Waals surface area (Å²) in [6, 6.07) is 0. The highest BCUT2D eigenvalue weighted by molar-refractivity contribution is 5.83. The van der Waals surface area contributed by atoms with Crippen LogP contribution in [0.3, 0.4) is 0 Å². The summed E-state index contributed by atoms with van der Waals surface area (Å²) in [6.45, 7) is 0. The number of hydrogen-bond acceptors (Lipinski definition) is 5. The number of rotatable bonds is 4. The molecule has 0 aliphatic carbocycles. The highest BCUT2D eigenvalue weighted by Gasteiger charge is 2.13. The molecule has 8 nitrogen and oxygen atoms in total. The molecule has 17 heavy (non-hydrogen) atoms. The highest BCUT2D eigenvalue weighted by Crippen LogP contribution is 2.12. The number of hydrogen-bond donors (Lipinski definition) is 3. The van der Waals surface area contributed by atoms with Gasteiger partial charge in [-0.25, -0.2) is 15.0 Å². The number of carbonyl (C=O) groups excluding carboxylic acids is 2. The van der Waals surface area contributed by atoms with E-state index in [0.717, 1.165) is 0 Å². The Morgan fingerprint density at radius 1 is 1.18 bits per heavy atom. The molecule has 8 heteroatoms. The van der Waals surface area contributed by atoms with E-state index >= 15 is 0 Å². The van der Waals surface area contributed by atoms with Crippen LogP contribution in [0, 0.1) is 0 Å². The molecular formula is C9H10N6O2. The fraction of sp³-hybridized carbons (Fsp3) is 0.222. The van der Waals surface area contributed by atoms with Gasteiger partial charge in [-0.05, 0) is 0 Å². The summed E-state index contributed by atoms with van der Waals surface area (Å²) < 4.78 is 0. The molecule has 0 fully saturated rings. The number of nitrogens with zero attached hydrogens (tertiary/aromatic N) is 3. The smallest absolute Gasteiger partial charge is 0.225 e. The van der Waals surface area contributed by atoms with Crippen molar-refractivity contribution in [3.05, 3.63) is 17.8 Å². The summed E-state index contributed by atoms with van der Waals surface area (Å²) in [5.41, 5.74) is 11.5. The van der Waals surface area contributed by atoms with Crippen molar-refractivity contribution < 1.29 is 9.59 Å². The van der Waals surface area contributed by atoms with Crippen molar-refractivity contribution in [3.63, 3.8) is 0 Å². The zero-order chi connectivity index (χ0) is 12.4. The minimum absolute atomic E-state index is 0.0486. The summed E-state index contributed by atoms with van der Waals surface area (Å²) in [5.74, 6) is -0.845. The minimum Gasteiger partial charge on any atom is -0.369 e. The zero-order valence-corrected chi connectivity index (χ0v) is 8.80. The van der Waals surface area contributed by atoms with E-state index in [1.807, 2.05) is 0 Å². The van der Waals surface area contributed by atoms with Gasteiger partial charge in [0.25, 0.3) is 0 Å². The third-order valence-electron chi connectivity index (χ3n) is 2.08. The topological polar surface area (TPSA) is 141 Å². The molecule has 0 radical (unpaired) electrons.